The van der Waals surface area contributed by atoms with Crippen LogP contribution >= 0.6 is 0 Å². The van der Waals surface area contributed by atoms with Crippen molar-refractivity contribution in [1.82, 2.24) is 29.7 Å². The van der Waals surface area contributed by atoms with Crippen LogP contribution in [0.3, 0.4) is 0 Å². The minimum atomic E-state index is -0.330. The van der Waals surface area contributed by atoms with Gasteiger partial charge in [0.15, 0.2) is 11.6 Å². The minimum Gasteiger partial charge on any atom is -0.494 e. The van der Waals surface area contributed by atoms with Crippen LogP contribution in [0, 0.1) is 12.7 Å². The molecule has 310 valence electrons. The van der Waals surface area contributed by atoms with Crippen LogP contribution in [0.1, 0.15) is 56.2 Å². The van der Waals surface area contributed by atoms with Gasteiger partial charge < -0.3 is 9.47 Å². The standard InChI is InChI=1S/C49H55FN8O2/c1-4-59-46-28-37(17-16-36(46)3)34-55-24-20-43(21-25-55)57(48-51-30-41(31-52-48)39-12-8-6-9-13-39)58(49-53-32-42(33-54-49)40-14-10-7-11-15-40)44-22-26-56(27-23-44)35-38-18-19-45(50)47(29-38)60-5-2/h6-19,28-33,43-44H,4-5,20-27,34-35H2,1-3H3. The average Bonchev–Trinajstić information content (AvgIpc) is 3.29. The molecular formula is C49H55FN8O2. The molecule has 10 nitrogen and oxygen atoms in total. The summed E-state index contributed by atoms with van der Waals surface area (Å²) in [6, 6.07) is 32.5. The lowest BCUT2D eigenvalue weighted by Crippen LogP contribution is -2.59. The molecule has 0 unspecified atom stereocenters. The first-order chi connectivity index (χ1) is 29.4. The van der Waals surface area contributed by atoms with Crippen LogP contribution < -0.4 is 19.5 Å². The van der Waals surface area contributed by atoms with Gasteiger partial charge in [-0.05, 0) is 92.5 Å². The molecule has 0 amide bonds. The third-order valence-corrected chi connectivity index (χ3v) is 11.6. The highest BCUT2D eigenvalue weighted by Gasteiger charge is 2.37. The van der Waals surface area contributed by atoms with Gasteiger partial charge in [-0.25, -0.2) is 34.3 Å². The zero-order valence-corrected chi connectivity index (χ0v) is 35.0. The zero-order valence-electron chi connectivity index (χ0n) is 35.0. The number of likely N-dealkylation sites (tertiary alicyclic amines) is 2. The van der Waals surface area contributed by atoms with Crippen molar-refractivity contribution in [3.63, 3.8) is 0 Å². The van der Waals surface area contributed by atoms with Crippen LogP contribution in [0.15, 0.2) is 122 Å². The molecule has 11 heteroatoms. The Bertz CT molecular complexity index is 2100. The van der Waals surface area contributed by atoms with Crippen LogP contribution in [0.2, 0.25) is 0 Å². The van der Waals surface area contributed by atoms with Crippen molar-refractivity contribution in [2.24, 2.45) is 0 Å². The molecule has 8 rings (SSSR count). The van der Waals surface area contributed by atoms with Crippen molar-refractivity contribution in [3.8, 4) is 33.8 Å². The van der Waals surface area contributed by atoms with Gasteiger partial charge >= 0.3 is 0 Å². The van der Waals surface area contributed by atoms with Crippen molar-refractivity contribution in [2.45, 2.75) is 71.6 Å². The molecule has 2 aromatic heterocycles. The molecule has 6 aromatic rings. The minimum absolute atomic E-state index is 0.0796. The molecule has 2 fully saturated rings. The van der Waals surface area contributed by atoms with E-state index in [1.165, 1.54) is 11.6 Å². The molecule has 0 atom stereocenters. The van der Waals surface area contributed by atoms with Crippen LogP contribution in [-0.2, 0) is 13.1 Å². The van der Waals surface area contributed by atoms with Crippen LogP contribution in [0.5, 0.6) is 11.5 Å². The molecule has 4 heterocycles. The highest BCUT2D eigenvalue weighted by molar-refractivity contribution is 5.63. The Balaban J connectivity index is 1.09. The van der Waals surface area contributed by atoms with Crippen molar-refractivity contribution in [2.75, 3.05) is 49.4 Å². The summed E-state index contributed by atoms with van der Waals surface area (Å²) in [5.74, 6) is 2.21. The summed E-state index contributed by atoms with van der Waals surface area (Å²) in [4.78, 5) is 25.4. The number of hydrogen-bond acceptors (Lipinski definition) is 10. The van der Waals surface area contributed by atoms with Crippen molar-refractivity contribution >= 4 is 11.9 Å². The lowest BCUT2D eigenvalue weighted by Gasteiger charge is -2.48. The molecule has 0 aliphatic carbocycles. The first-order valence-electron chi connectivity index (χ1n) is 21.4. The number of ether oxygens (including phenoxy) is 2. The van der Waals surface area contributed by atoms with Gasteiger partial charge in [-0.15, -0.1) is 0 Å². The molecule has 0 radical (unpaired) electrons. The lowest BCUT2D eigenvalue weighted by atomic mass is 10.0. The van der Waals surface area contributed by atoms with Gasteiger partial charge in [-0.3, -0.25) is 9.80 Å². The number of rotatable bonds is 15. The van der Waals surface area contributed by atoms with Crippen LogP contribution in [0.25, 0.3) is 22.3 Å². The van der Waals surface area contributed by atoms with E-state index in [1.54, 1.807) is 0 Å². The maximum Gasteiger partial charge on any atom is 0.244 e. The van der Waals surface area contributed by atoms with E-state index in [4.69, 9.17) is 29.4 Å². The van der Waals surface area contributed by atoms with Gasteiger partial charge in [0.25, 0.3) is 0 Å². The number of hydrazine groups is 1. The summed E-state index contributed by atoms with van der Waals surface area (Å²) >= 11 is 0. The van der Waals surface area contributed by atoms with E-state index in [0.29, 0.717) is 37.4 Å². The fourth-order valence-corrected chi connectivity index (χ4v) is 8.44. The molecule has 0 saturated carbocycles. The molecule has 0 spiro atoms. The smallest absolute Gasteiger partial charge is 0.244 e. The number of benzene rings is 4. The predicted molar refractivity (Wildman–Crippen MR) is 236 cm³/mol. The molecule has 2 aliphatic heterocycles. The predicted octanol–water partition coefficient (Wildman–Crippen LogP) is 9.40. The van der Waals surface area contributed by atoms with E-state index >= 15 is 0 Å². The Morgan fingerprint density at radius 3 is 1.42 bits per heavy atom. The Hall–Kier alpha value is -5.91. The van der Waals surface area contributed by atoms with E-state index in [0.717, 1.165) is 97.5 Å². The summed E-state index contributed by atoms with van der Waals surface area (Å²) in [6.45, 7) is 12.2. The van der Waals surface area contributed by atoms with E-state index in [2.05, 4.69) is 69.2 Å². The van der Waals surface area contributed by atoms with Gasteiger partial charge in [0.2, 0.25) is 11.9 Å². The van der Waals surface area contributed by atoms with E-state index in [9.17, 15) is 4.39 Å². The molecule has 60 heavy (non-hydrogen) atoms. The topological polar surface area (TPSA) is 83.0 Å². The first-order valence-corrected chi connectivity index (χ1v) is 21.4. The number of nitrogens with zero attached hydrogens (tertiary/aromatic N) is 8. The number of halogens is 1. The third kappa shape index (κ3) is 9.75. The third-order valence-electron chi connectivity index (χ3n) is 11.6. The quantitative estimate of drug-likeness (QED) is 0.0937. The fourth-order valence-electron chi connectivity index (χ4n) is 8.44. The molecular weight excluding hydrogens is 752 g/mol. The Labute approximate surface area is 353 Å². The summed E-state index contributed by atoms with van der Waals surface area (Å²) in [7, 11) is 0. The maximum atomic E-state index is 14.4. The molecule has 4 aromatic carbocycles. The number of aryl methyl sites for hydroxylation is 1. The van der Waals surface area contributed by atoms with Crippen LogP contribution in [0.4, 0.5) is 16.3 Å². The molecule has 2 aliphatic rings. The van der Waals surface area contributed by atoms with Gasteiger partial charge in [0.1, 0.15) is 5.75 Å². The monoisotopic (exact) mass is 806 g/mol. The number of hydrogen-bond donors (Lipinski definition) is 0. The molecule has 2 saturated heterocycles. The molecule has 0 bridgehead atoms. The number of aromatic nitrogens is 4. The Morgan fingerprint density at radius 1 is 0.550 bits per heavy atom. The van der Waals surface area contributed by atoms with E-state index in [1.807, 2.05) is 87.2 Å². The zero-order chi connectivity index (χ0) is 41.3. The second-order valence-corrected chi connectivity index (χ2v) is 15.7. The first kappa shape index (κ1) is 40.9. The van der Waals surface area contributed by atoms with E-state index in [-0.39, 0.29) is 17.9 Å². The van der Waals surface area contributed by atoms with Crippen molar-refractivity contribution < 1.29 is 13.9 Å². The number of anilines is 2. The Kier molecular flexibility index (Phi) is 13.2. The van der Waals surface area contributed by atoms with Gasteiger partial charge in [-0.1, -0.05) is 78.9 Å². The summed E-state index contributed by atoms with van der Waals surface area (Å²) in [6.07, 6.45) is 11.3. The van der Waals surface area contributed by atoms with Crippen molar-refractivity contribution in [1.29, 1.82) is 0 Å². The van der Waals surface area contributed by atoms with Gasteiger partial charge in [0.05, 0.1) is 25.3 Å². The summed E-state index contributed by atoms with van der Waals surface area (Å²) in [5, 5.41) is 4.63. The second kappa shape index (κ2) is 19.4. The van der Waals surface area contributed by atoms with Gasteiger partial charge in [-0.2, -0.15) is 0 Å². The Morgan fingerprint density at radius 2 is 0.967 bits per heavy atom. The van der Waals surface area contributed by atoms with Crippen LogP contribution in [-0.4, -0.2) is 81.2 Å². The molecule has 0 N–H and O–H groups in total. The highest BCUT2D eigenvalue weighted by atomic mass is 19.1. The van der Waals surface area contributed by atoms with Crippen molar-refractivity contribution in [3.05, 3.63) is 144 Å². The summed E-state index contributed by atoms with van der Waals surface area (Å²) in [5.41, 5.74) is 7.53. The SMILES string of the molecule is CCOc1cc(CN2CCC(N(c3ncc(-c4ccccc4)cn3)N(c3ncc(-c4ccccc4)cn3)C3CCN(Cc4ccc(F)c(OCC)c4)CC3)CC2)ccc1C. The summed E-state index contributed by atoms with van der Waals surface area (Å²) < 4.78 is 25.9. The maximum absolute atomic E-state index is 14.4. The highest BCUT2D eigenvalue weighted by Crippen LogP contribution is 2.33. The van der Waals surface area contributed by atoms with Gasteiger partial charge in [0, 0.05) is 75.2 Å². The lowest BCUT2D eigenvalue weighted by molar-refractivity contribution is 0.182. The van der Waals surface area contributed by atoms with E-state index < -0.39 is 0 Å². The second-order valence-electron chi connectivity index (χ2n) is 15.7. The average molecular weight is 807 g/mol. The fraction of sp³-hybridized carbons (Fsp3) is 0.347. The largest absolute Gasteiger partial charge is 0.494 e. The number of piperidine rings is 2. The normalized spacial score (nSPS) is 15.5.